The number of fused-ring (bicyclic) bond motifs is 1. The van der Waals surface area contributed by atoms with Gasteiger partial charge in [0.05, 0.1) is 11.0 Å². The molecule has 1 aliphatic rings. The molecule has 2 amide bonds. The first-order valence-corrected chi connectivity index (χ1v) is 10.6. The number of aryl methyl sites for hydroxylation is 1. The molecule has 0 radical (unpaired) electrons. The Kier molecular flexibility index (Phi) is 5.57. The molecule has 3 aromatic rings. The lowest BCUT2D eigenvalue weighted by molar-refractivity contribution is -0.121. The molecule has 1 heterocycles. The first-order chi connectivity index (χ1) is 14.5. The van der Waals surface area contributed by atoms with E-state index in [0.29, 0.717) is 12.0 Å². The molecule has 30 heavy (non-hydrogen) atoms. The van der Waals surface area contributed by atoms with Crippen molar-refractivity contribution >= 4 is 22.8 Å². The van der Waals surface area contributed by atoms with Gasteiger partial charge in [-0.25, -0.2) is 4.98 Å². The molecular formula is C24H28N4O2. The average molecular weight is 405 g/mol. The molecular weight excluding hydrogens is 376 g/mol. The highest BCUT2D eigenvalue weighted by atomic mass is 16.2. The van der Waals surface area contributed by atoms with E-state index in [-0.39, 0.29) is 23.9 Å². The summed E-state index contributed by atoms with van der Waals surface area (Å²) in [6, 6.07) is 16.0. The van der Waals surface area contributed by atoms with Crippen molar-refractivity contribution in [2.24, 2.45) is 7.05 Å². The van der Waals surface area contributed by atoms with Crippen molar-refractivity contribution in [3.8, 4) is 11.4 Å². The number of carbonyl (C=O) groups excluding carboxylic acids is 2. The lowest BCUT2D eigenvalue weighted by atomic mass is 10.1. The fourth-order valence-corrected chi connectivity index (χ4v) is 4.31. The molecule has 6 heteroatoms. The first kappa shape index (κ1) is 20.1. The van der Waals surface area contributed by atoms with E-state index in [4.69, 9.17) is 4.98 Å². The Morgan fingerprint density at radius 3 is 2.57 bits per heavy atom. The number of imidazole rings is 1. The predicted octanol–water partition coefficient (Wildman–Crippen LogP) is 3.76. The Balaban J connectivity index is 1.46. The minimum absolute atomic E-state index is 0.0130. The molecule has 1 aromatic heterocycles. The summed E-state index contributed by atoms with van der Waals surface area (Å²) in [4.78, 5) is 31.2. The molecule has 6 nitrogen and oxygen atoms in total. The van der Waals surface area contributed by atoms with Gasteiger partial charge in [-0.1, -0.05) is 31.2 Å². The summed E-state index contributed by atoms with van der Waals surface area (Å²) in [5, 5.41) is 3.05. The highest BCUT2D eigenvalue weighted by Crippen LogP contribution is 2.26. The molecule has 1 fully saturated rings. The maximum Gasteiger partial charge on any atom is 0.253 e. The zero-order valence-corrected chi connectivity index (χ0v) is 17.8. The third kappa shape index (κ3) is 3.82. The largest absolute Gasteiger partial charge is 0.353 e. The van der Waals surface area contributed by atoms with Gasteiger partial charge in [0.1, 0.15) is 5.82 Å². The highest BCUT2D eigenvalue weighted by Gasteiger charge is 2.30. The Bertz CT molecular complexity index is 1070. The summed E-state index contributed by atoms with van der Waals surface area (Å²) in [5.41, 5.74) is 3.69. The fourth-order valence-electron chi connectivity index (χ4n) is 4.31. The topological polar surface area (TPSA) is 67.2 Å². The molecule has 1 saturated carbocycles. The molecule has 0 bridgehead atoms. The number of aromatic nitrogens is 2. The number of carbonyl (C=O) groups is 2. The average Bonchev–Trinajstić information content (AvgIpc) is 3.37. The Hall–Kier alpha value is -3.15. The van der Waals surface area contributed by atoms with Gasteiger partial charge in [0.15, 0.2) is 0 Å². The van der Waals surface area contributed by atoms with Crippen molar-refractivity contribution in [3.05, 3.63) is 54.1 Å². The predicted molar refractivity (Wildman–Crippen MR) is 118 cm³/mol. The normalized spacial score (nSPS) is 18.5. The maximum absolute atomic E-state index is 13.0. The van der Waals surface area contributed by atoms with E-state index in [9.17, 15) is 9.59 Å². The number of para-hydroxylation sites is 2. The first-order valence-electron chi connectivity index (χ1n) is 10.6. The molecule has 0 aliphatic heterocycles. The quantitative estimate of drug-likeness (QED) is 0.704. The molecule has 0 unspecified atom stereocenters. The smallest absolute Gasteiger partial charge is 0.253 e. The van der Waals surface area contributed by atoms with Gasteiger partial charge in [0.2, 0.25) is 5.91 Å². The van der Waals surface area contributed by atoms with Crippen molar-refractivity contribution in [1.82, 2.24) is 19.8 Å². The minimum Gasteiger partial charge on any atom is -0.353 e. The van der Waals surface area contributed by atoms with Crippen LogP contribution >= 0.6 is 0 Å². The summed E-state index contributed by atoms with van der Waals surface area (Å²) in [6.45, 7) is 1.86. The van der Waals surface area contributed by atoms with E-state index in [1.807, 2.05) is 68.4 Å². The van der Waals surface area contributed by atoms with Gasteiger partial charge in [-0.3, -0.25) is 9.59 Å². The number of rotatable bonds is 5. The van der Waals surface area contributed by atoms with Gasteiger partial charge in [0, 0.05) is 43.7 Å². The molecule has 1 aliphatic carbocycles. The van der Waals surface area contributed by atoms with Crippen molar-refractivity contribution < 1.29 is 9.59 Å². The number of nitrogens with one attached hydrogen (secondary N) is 1. The van der Waals surface area contributed by atoms with Crippen LogP contribution in [0, 0.1) is 0 Å². The van der Waals surface area contributed by atoms with Crippen LogP contribution in [0.4, 0.5) is 0 Å². The van der Waals surface area contributed by atoms with E-state index in [2.05, 4.69) is 16.0 Å². The van der Waals surface area contributed by atoms with Crippen LogP contribution < -0.4 is 5.32 Å². The fraction of sp³-hybridized carbons (Fsp3) is 0.375. The molecule has 2 aromatic carbocycles. The van der Waals surface area contributed by atoms with Gasteiger partial charge in [-0.2, -0.15) is 0 Å². The van der Waals surface area contributed by atoms with Crippen LogP contribution in [0.5, 0.6) is 0 Å². The second-order valence-electron chi connectivity index (χ2n) is 8.06. The molecule has 1 N–H and O–H groups in total. The number of amides is 2. The third-order valence-electron chi connectivity index (χ3n) is 6.14. The van der Waals surface area contributed by atoms with Crippen LogP contribution in [-0.4, -0.2) is 45.4 Å². The second-order valence-corrected chi connectivity index (χ2v) is 8.06. The van der Waals surface area contributed by atoms with E-state index in [1.54, 1.807) is 0 Å². The van der Waals surface area contributed by atoms with Gasteiger partial charge in [-0.05, 0) is 43.5 Å². The number of nitrogens with zero attached hydrogens (tertiary/aromatic N) is 3. The van der Waals surface area contributed by atoms with Crippen molar-refractivity contribution in [2.45, 2.75) is 44.7 Å². The van der Waals surface area contributed by atoms with Crippen LogP contribution in [0.25, 0.3) is 22.4 Å². The summed E-state index contributed by atoms with van der Waals surface area (Å²) in [6.07, 6.45) is 3.13. The van der Waals surface area contributed by atoms with Crippen molar-refractivity contribution in [1.29, 1.82) is 0 Å². The Morgan fingerprint density at radius 1 is 1.13 bits per heavy atom. The van der Waals surface area contributed by atoms with Gasteiger partial charge < -0.3 is 14.8 Å². The maximum atomic E-state index is 13.0. The summed E-state index contributed by atoms with van der Waals surface area (Å²) < 4.78 is 2.07. The summed E-state index contributed by atoms with van der Waals surface area (Å²) >= 11 is 0. The molecule has 0 saturated heterocycles. The lowest BCUT2D eigenvalue weighted by Crippen LogP contribution is -2.38. The molecule has 156 valence electrons. The Labute approximate surface area is 176 Å². The summed E-state index contributed by atoms with van der Waals surface area (Å²) in [5.74, 6) is 0.972. The second kappa shape index (κ2) is 8.30. The van der Waals surface area contributed by atoms with Crippen LogP contribution in [0.1, 0.15) is 43.0 Å². The van der Waals surface area contributed by atoms with Gasteiger partial charge >= 0.3 is 0 Å². The monoisotopic (exact) mass is 404 g/mol. The zero-order chi connectivity index (χ0) is 21.3. The zero-order valence-electron chi connectivity index (χ0n) is 17.8. The minimum atomic E-state index is 0.0130. The molecule has 4 rings (SSSR count). The van der Waals surface area contributed by atoms with E-state index in [0.717, 1.165) is 41.7 Å². The van der Waals surface area contributed by atoms with Gasteiger partial charge in [-0.15, -0.1) is 0 Å². The van der Waals surface area contributed by atoms with E-state index in [1.165, 1.54) is 0 Å². The van der Waals surface area contributed by atoms with Crippen molar-refractivity contribution in [2.75, 3.05) is 7.05 Å². The van der Waals surface area contributed by atoms with Crippen LogP contribution in [0.2, 0.25) is 0 Å². The number of hydrogen-bond donors (Lipinski definition) is 1. The number of hydrogen-bond acceptors (Lipinski definition) is 3. The van der Waals surface area contributed by atoms with Crippen LogP contribution in [-0.2, 0) is 11.8 Å². The highest BCUT2D eigenvalue weighted by molar-refractivity contribution is 5.95. The lowest BCUT2D eigenvalue weighted by Gasteiger charge is -2.25. The summed E-state index contributed by atoms with van der Waals surface area (Å²) in [7, 11) is 3.86. The molecule has 0 spiro atoms. The van der Waals surface area contributed by atoms with E-state index < -0.39 is 0 Å². The standard InChI is InChI=1S/C24H28N4O2/c1-4-22(29)25-18-13-14-19(15-18)27(2)24(30)17-11-9-16(10-12-17)23-26-20-7-5-6-8-21(20)28(23)3/h5-12,18-19H,4,13-15H2,1-3H3,(H,25,29)/t18-,19+/m0/s1. The Morgan fingerprint density at radius 2 is 1.87 bits per heavy atom. The van der Waals surface area contributed by atoms with Crippen molar-refractivity contribution in [3.63, 3.8) is 0 Å². The van der Waals surface area contributed by atoms with Crippen LogP contribution in [0.15, 0.2) is 48.5 Å². The van der Waals surface area contributed by atoms with Gasteiger partial charge in [0.25, 0.3) is 5.91 Å². The SMILES string of the molecule is CCC(=O)N[C@H]1CC[C@@H](N(C)C(=O)c2ccc(-c3nc4ccccc4n3C)cc2)C1. The number of benzene rings is 2. The van der Waals surface area contributed by atoms with E-state index >= 15 is 0 Å². The third-order valence-corrected chi connectivity index (χ3v) is 6.14. The molecule has 2 atom stereocenters. The van der Waals surface area contributed by atoms with Crippen LogP contribution in [0.3, 0.4) is 0 Å².